The van der Waals surface area contributed by atoms with E-state index in [1.807, 2.05) is 0 Å². The van der Waals surface area contributed by atoms with Gasteiger partial charge in [-0.2, -0.15) is 0 Å². The molecular formula is C16H17ClFN3O3. The van der Waals surface area contributed by atoms with Gasteiger partial charge in [-0.1, -0.05) is 17.7 Å². The lowest BCUT2D eigenvalue weighted by Crippen LogP contribution is -2.20. The van der Waals surface area contributed by atoms with Crippen molar-refractivity contribution in [3.8, 4) is 0 Å². The molecule has 2 rings (SSSR count). The molecule has 24 heavy (non-hydrogen) atoms. The van der Waals surface area contributed by atoms with Crippen molar-refractivity contribution in [3.05, 3.63) is 52.8 Å². The van der Waals surface area contributed by atoms with Crippen molar-refractivity contribution >= 4 is 34.7 Å². The quantitative estimate of drug-likeness (QED) is 0.552. The summed E-state index contributed by atoms with van der Waals surface area (Å²) in [6.07, 6.45) is 0. The highest BCUT2D eigenvalue weighted by atomic mass is 35.5. The summed E-state index contributed by atoms with van der Waals surface area (Å²) in [5.41, 5.74) is 1.52. The van der Waals surface area contributed by atoms with E-state index in [0.717, 1.165) is 6.07 Å². The zero-order valence-corrected chi connectivity index (χ0v) is 13.4. The number of hydrogen-bond donors (Lipinski definition) is 5. The topological polar surface area (TPSA) is 93.6 Å². The standard InChI is InChI=1S/C16H17ClFN3O3/c17-11-2-1-10(9-23)15(5-11)21-16(24)20-14-7-12(18)6-13(8-14)19-3-4-22/h1-2,5-8,19,22-23H,3-4,9H2,(H2,20,21,24). The number of amides is 2. The molecule has 0 aliphatic rings. The lowest BCUT2D eigenvalue weighted by Gasteiger charge is -2.12. The van der Waals surface area contributed by atoms with Crippen LogP contribution >= 0.6 is 11.6 Å². The van der Waals surface area contributed by atoms with E-state index in [9.17, 15) is 14.3 Å². The molecule has 0 fully saturated rings. The lowest BCUT2D eigenvalue weighted by molar-refractivity contribution is 0.262. The first-order valence-corrected chi connectivity index (χ1v) is 7.52. The van der Waals surface area contributed by atoms with E-state index >= 15 is 0 Å². The monoisotopic (exact) mass is 353 g/mol. The van der Waals surface area contributed by atoms with E-state index < -0.39 is 11.8 Å². The normalized spacial score (nSPS) is 10.3. The predicted octanol–water partition coefficient (Wildman–Crippen LogP) is 3.02. The Balaban J connectivity index is 2.10. The number of rotatable bonds is 6. The number of benzene rings is 2. The Kier molecular flexibility index (Phi) is 6.36. The molecule has 128 valence electrons. The fourth-order valence-corrected chi connectivity index (χ4v) is 2.22. The summed E-state index contributed by atoms with van der Waals surface area (Å²) >= 11 is 5.88. The molecule has 0 spiro atoms. The van der Waals surface area contributed by atoms with Crippen LogP contribution in [0.2, 0.25) is 5.02 Å². The molecule has 2 amide bonds. The Morgan fingerprint density at radius 2 is 1.83 bits per heavy atom. The third kappa shape index (κ3) is 5.09. The average molecular weight is 354 g/mol. The van der Waals surface area contributed by atoms with Gasteiger partial charge in [-0.15, -0.1) is 0 Å². The minimum atomic E-state index is -0.606. The van der Waals surface area contributed by atoms with Gasteiger partial charge >= 0.3 is 6.03 Å². The maximum absolute atomic E-state index is 13.6. The number of carbonyl (C=O) groups excluding carboxylic acids is 1. The van der Waals surface area contributed by atoms with Crippen LogP contribution in [0.5, 0.6) is 0 Å². The SMILES string of the molecule is O=C(Nc1cc(F)cc(NCCO)c1)Nc1cc(Cl)ccc1CO. The van der Waals surface area contributed by atoms with Crippen LogP contribution in [0.1, 0.15) is 5.56 Å². The van der Waals surface area contributed by atoms with Crippen molar-refractivity contribution in [2.75, 3.05) is 29.1 Å². The number of carbonyl (C=O) groups is 1. The third-order valence-electron chi connectivity index (χ3n) is 3.09. The fraction of sp³-hybridized carbons (Fsp3) is 0.188. The van der Waals surface area contributed by atoms with Gasteiger partial charge in [0.25, 0.3) is 0 Å². The van der Waals surface area contributed by atoms with Crippen LogP contribution < -0.4 is 16.0 Å². The smallest absolute Gasteiger partial charge is 0.323 e. The Morgan fingerprint density at radius 1 is 1.08 bits per heavy atom. The van der Waals surface area contributed by atoms with Crippen molar-refractivity contribution in [3.63, 3.8) is 0 Å². The third-order valence-corrected chi connectivity index (χ3v) is 3.32. The average Bonchev–Trinajstić information content (AvgIpc) is 2.52. The number of urea groups is 1. The van der Waals surface area contributed by atoms with Crippen LogP contribution in [-0.2, 0) is 6.61 Å². The second-order valence-electron chi connectivity index (χ2n) is 4.92. The molecular weight excluding hydrogens is 337 g/mol. The molecule has 0 aliphatic carbocycles. The molecule has 0 aliphatic heterocycles. The molecule has 2 aromatic carbocycles. The van der Waals surface area contributed by atoms with Gasteiger partial charge in [0.1, 0.15) is 5.82 Å². The van der Waals surface area contributed by atoms with Gasteiger partial charge in [0.05, 0.1) is 13.2 Å². The zero-order valence-electron chi connectivity index (χ0n) is 12.6. The first-order valence-electron chi connectivity index (χ1n) is 7.14. The molecule has 0 saturated carbocycles. The van der Waals surface area contributed by atoms with E-state index in [0.29, 0.717) is 22.0 Å². The van der Waals surface area contributed by atoms with Crippen LogP contribution in [0.25, 0.3) is 0 Å². The van der Waals surface area contributed by atoms with Gasteiger partial charge in [-0.3, -0.25) is 0 Å². The maximum Gasteiger partial charge on any atom is 0.323 e. The number of nitrogens with one attached hydrogen (secondary N) is 3. The second-order valence-corrected chi connectivity index (χ2v) is 5.35. The summed E-state index contributed by atoms with van der Waals surface area (Å²) in [7, 11) is 0. The molecule has 0 radical (unpaired) electrons. The van der Waals surface area contributed by atoms with Crippen LogP contribution in [0.3, 0.4) is 0 Å². The van der Waals surface area contributed by atoms with Crippen LogP contribution in [0.15, 0.2) is 36.4 Å². The molecule has 0 atom stereocenters. The Morgan fingerprint density at radius 3 is 2.54 bits per heavy atom. The number of halogens is 2. The van der Waals surface area contributed by atoms with E-state index in [4.69, 9.17) is 16.7 Å². The summed E-state index contributed by atoms with van der Waals surface area (Å²) in [5.74, 6) is -0.535. The van der Waals surface area contributed by atoms with Crippen molar-refractivity contribution in [2.24, 2.45) is 0 Å². The highest BCUT2D eigenvalue weighted by Gasteiger charge is 2.09. The molecule has 2 aromatic rings. The van der Waals surface area contributed by atoms with Gasteiger partial charge in [0, 0.05) is 34.2 Å². The van der Waals surface area contributed by atoms with Gasteiger partial charge in [-0.25, -0.2) is 9.18 Å². The Bertz CT molecular complexity index is 728. The molecule has 5 N–H and O–H groups in total. The first-order chi connectivity index (χ1) is 11.5. The molecule has 0 aromatic heterocycles. The van der Waals surface area contributed by atoms with E-state index in [1.165, 1.54) is 18.2 Å². The summed E-state index contributed by atoms with van der Waals surface area (Å²) in [6, 6.07) is 8.04. The molecule has 0 heterocycles. The minimum absolute atomic E-state index is 0.0987. The van der Waals surface area contributed by atoms with Gasteiger partial charge < -0.3 is 26.2 Å². The summed E-state index contributed by atoms with van der Waals surface area (Å²) in [5, 5.41) is 26.3. The van der Waals surface area contributed by atoms with Crippen LogP contribution in [-0.4, -0.2) is 29.4 Å². The Labute approximate surface area is 143 Å². The van der Waals surface area contributed by atoms with Gasteiger partial charge in [0.2, 0.25) is 0 Å². The van der Waals surface area contributed by atoms with Gasteiger partial charge in [-0.05, 0) is 30.3 Å². The largest absolute Gasteiger partial charge is 0.395 e. The van der Waals surface area contributed by atoms with E-state index in [2.05, 4.69) is 16.0 Å². The summed E-state index contributed by atoms with van der Waals surface area (Å²) in [4.78, 5) is 12.1. The number of hydrogen-bond acceptors (Lipinski definition) is 4. The first kappa shape index (κ1) is 18.0. The number of aliphatic hydroxyl groups excluding tert-OH is 2. The zero-order chi connectivity index (χ0) is 17.5. The molecule has 0 unspecified atom stereocenters. The van der Waals surface area contributed by atoms with E-state index in [1.54, 1.807) is 12.1 Å². The van der Waals surface area contributed by atoms with E-state index in [-0.39, 0.29) is 25.4 Å². The van der Waals surface area contributed by atoms with Crippen molar-refractivity contribution in [1.82, 2.24) is 0 Å². The Hall–Kier alpha value is -2.35. The number of anilines is 3. The highest BCUT2D eigenvalue weighted by Crippen LogP contribution is 2.22. The van der Waals surface area contributed by atoms with Crippen molar-refractivity contribution in [2.45, 2.75) is 6.61 Å². The number of aliphatic hydroxyl groups is 2. The minimum Gasteiger partial charge on any atom is -0.395 e. The summed E-state index contributed by atoms with van der Waals surface area (Å²) in [6.45, 7) is -0.0993. The predicted molar refractivity (Wildman–Crippen MR) is 92.0 cm³/mol. The maximum atomic E-state index is 13.6. The molecule has 0 saturated heterocycles. The molecule has 0 bridgehead atoms. The molecule has 8 heteroatoms. The highest BCUT2D eigenvalue weighted by molar-refractivity contribution is 6.31. The van der Waals surface area contributed by atoms with Crippen LogP contribution in [0, 0.1) is 5.82 Å². The van der Waals surface area contributed by atoms with Crippen LogP contribution in [0.4, 0.5) is 26.2 Å². The molecule has 6 nitrogen and oxygen atoms in total. The second kappa shape index (κ2) is 8.49. The van der Waals surface area contributed by atoms with Gasteiger partial charge in [0.15, 0.2) is 0 Å². The lowest BCUT2D eigenvalue weighted by atomic mass is 10.2. The van der Waals surface area contributed by atoms with Crippen molar-refractivity contribution in [1.29, 1.82) is 0 Å². The van der Waals surface area contributed by atoms with Crippen molar-refractivity contribution < 1.29 is 19.4 Å². The summed E-state index contributed by atoms with van der Waals surface area (Å²) < 4.78 is 13.6. The fourth-order valence-electron chi connectivity index (χ4n) is 2.05.